The van der Waals surface area contributed by atoms with Crippen LogP contribution in [0, 0.1) is 5.92 Å². The van der Waals surface area contributed by atoms with E-state index in [0.717, 1.165) is 41.1 Å². The van der Waals surface area contributed by atoms with Gasteiger partial charge >= 0.3 is 0 Å². The molecular formula is C25H27ClN4O2S. The van der Waals surface area contributed by atoms with Crippen LogP contribution in [0.3, 0.4) is 0 Å². The minimum atomic E-state index is -0.254. The van der Waals surface area contributed by atoms with E-state index in [1.54, 1.807) is 7.11 Å². The Bertz CT molecular complexity index is 1170. The third kappa shape index (κ3) is 5.04. The van der Waals surface area contributed by atoms with Crippen molar-refractivity contribution in [2.75, 3.05) is 13.7 Å². The van der Waals surface area contributed by atoms with Gasteiger partial charge in [0.15, 0.2) is 5.11 Å². The lowest BCUT2D eigenvalue weighted by molar-refractivity contribution is 0.390. The molecule has 6 nitrogen and oxygen atoms in total. The fraction of sp³-hybridized carbons (Fsp3) is 0.320. The summed E-state index contributed by atoms with van der Waals surface area (Å²) in [6.45, 7) is 7.26. The molecule has 1 aliphatic heterocycles. The fourth-order valence-corrected chi connectivity index (χ4v) is 4.39. The molecular weight excluding hydrogens is 456 g/mol. The highest BCUT2D eigenvalue weighted by Gasteiger charge is 2.34. The summed E-state index contributed by atoms with van der Waals surface area (Å²) in [5.41, 5.74) is 3.71. The summed E-state index contributed by atoms with van der Waals surface area (Å²) in [6, 6.07) is 15.0. The predicted octanol–water partition coefficient (Wildman–Crippen LogP) is 6.11. The second-order valence-electron chi connectivity index (χ2n) is 8.42. The van der Waals surface area contributed by atoms with Crippen LogP contribution in [0.1, 0.15) is 44.7 Å². The summed E-state index contributed by atoms with van der Waals surface area (Å²) in [6.07, 6.45) is 1.01. The first kappa shape index (κ1) is 23.3. The topological polar surface area (TPSA) is 63.4 Å². The molecule has 33 heavy (non-hydrogen) atoms. The Hall–Kier alpha value is -2.90. The van der Waals surface area contributed by atoms with Gasteiger partial charge in [-0.25, -0.2) is 0 Å². The Morgan fingerprint density at radius 2 is 1.97 bits per heavy atom. The average Bonchev–Trinajstić information content (AvgIpc) is 3.28. The molecule has 2 aromatic carbocycles. The zero-order chi connectivity index (χ0) is 23.5. The van der Waals surface area contributed by atoms with Gasteiger partial charge < -0.3 is 19.5 Å². The lowest BCUT2D eigenvalue weighted by atomic mass is 9.94. The van der Waals surface area contributed by atoms with E-state index in [4.69, 9.17) is 38.1 Å². The van der Waals surface area contributed by atoms with Gasteiger partial charge in [0.05, 0.1) is 18.7 Å². The third-order valence-corrected chi connectivity index (χ3v) is 6.29. The van der Waals surface area contributed by atoms with Gasteiger partial charge in [-0.3, -0.25) is 0 Å². The highest BCUT2D eigenvalue weighted by molar-refractivity contribution is 7.80. The largest absolute Gasteiger partial charge is 0.497 e. The van der Waals surface area contributed by atoms with Crippen LogP contribution in [0.25, 0.3) is 17.0 Å². The Morgan fingerprint density at radius 3 is 2.64 bits per heavy atom. The minimum absolute atomic E-state index is 0.254. The smallest absolute Gasteiger partial charge is 0.258 e. The molecule has 0 saturated heterocycles. The number of halogens is 1. The van der Waals surface area contributed by atoms with Crippen molar-refractivity contribution < 1.29 is 9.26 Å². The van der Waals surface area contributed by atoms with Crippen LogP contribution in [0.2, 0.25) is 5.02 Å². The molecule has 0 fully saturated rings. The molecule has 0 spiro atoms. The number of nitrogens with one attached hydrogen (secondary N) is 1. The molecule has 3 aromatic rings. The molecule has 0 aliphatic carbocycles. The maximum atomic E-state index is 6.30. The average molecular weight is 483 g/mol. The number of thiocarbonyl (C=S) groups is 1. The maximum absolute atomic E-state index is 6.30. The first-order valence-corrected chi connectivity index (χ1v) is 11.7. The Kier molecular flexibility index (Phi) is 7.00. The lowest BCUT2D eigenvalue weighted by Crippen LogP contribution is -2.46. The van der Waals surface area contributed by atoms with Gasteiger partial charge in [0.1, 0.15) is 5.75 Å². The normalized spacial score (nSPS) is 16.4. The Morgan fingerprint density at radius 1 is 1.21 bits per heavy atom. The summed E-state index contributed by atoms with van der Waals surface area (Å²) >= 11 is 12.0. The van der Waals surface area contributed by atoms with Gasteiger partial charge in [-0.05, 0) is 73.4 Å². The van der Waals surface area contributed by atoms with Crippen LogP contribution >= 0.6 is 23.8 Å². The summed E-state index contributed by atoms with van der Waals surface area (Å²) in [4.78, 5) is 6.86. The van der Waals surface area contributed by atoms with Gasteiger partial charge in [0, 0.05) is 22.8 Å². The van der Waals surface area contributed by atoms with E-state index in [1.165, 1.54) is 0 Å². The number of aromatic nitrogens is 2. The molecule has 8 heteroatoms. The molecule has 0 amide bonds. The third-order valence-electron chi connectivity index (χ3n) is 5.71. The van der Waals surface area contributed by atoms with Crippen molar-refractivity contribution >= 4 is 34.5 Å². The number of nitrogens with zero attached hydrogens (tertiary/aromatic N) is 3. The van der Waals surface area contributed by atoms with Gasteiger partial charge in [-0.1, -0.05) is 42.7 Å². The summed E-state index contributed by atoms with van der Waals surface area (Å²) in [7, 11) is 1.64. The van der Waals surface area contributed by atoms with Crippen LogP contribution < -0.4 is 10.1 Å². The van der Waals surface area contributed by atoms with Crippen molar-refractivity contribution in [3.05, 3.63) is 70.7 Å². The van der Waals surface area contributed by atoms with E-state index in [9.17, 15) is 0 Å². The number of rotatable bonds is 7. The van der Waals surface area contributed by atoms with Gasteiger partial charge in [-0.15, -0.1) is 0 Å². The van der Waals surface area contributed by atoms with E-state index in [-0.39, 0.29) is 6.04 Å². The Balaban J connectivity index is 1.77. The summed E-state index contributed by atoms with van der Waals surface area (Å²) in [5.74, 6) is 2.29. The second kappa shape index (κ2) is 9.93. The quantitative estimate of drug-likeness (QED) is 0.408. The maximum Gasteiger partial charge on any atom is 0.258 e. The van der Waals surface area contributed by atoms with Crippen LogP contribution in [-0.2, 0) is 0 Å². The van der Waals surface area contributed by atoms with Crippen LogP contribution in [0.5, 0.6) is 5.75 Å². The molecule has 1 atom stereocenters. The van der Waals surface area contributed by atoms with Crippen LogP contribution in [-0.4, -0.2) is 33.8 Å². The van der Waals surface area contributed by atoms with Crippen molar-refractivity contribution in [1.82, 2.24) is 20.4 Å². The van der Waals surface area contributed by atoms with Crippen molar-refractivity contribution in [1.29, 1.82) is 0 Å². The standard InChI is InChI=1S/C25H27ClN4O2S/c1-15(2)12-13-30-16(3)21(22(27-25(30)33)18-6-5-7-19(26)14-18)24-28-23(29-32-24)17-8-10-20(31-4)11-9-17/h5-11,14-15,22H,12-13H2,1-4H3,(H,27,33). The summed E-state index contributed by atoms with van der Waals surface area (Å²) < 4.78 is 11.0. The first-order chi connectivity index (χ1) is 15.9. The molecule has 172 valence electrons. The lowest BCUT2D eigenvalue weighted by Gasteiger charge is -2.37. The zero-order valence-electron chi connectivity index (χ0n) is 19.1. The molecule has 1 aliphatic rings. The fourth-order valence-electron chi connectivity index (χ4n) is 3.84. The molecule has 1 aromatic heterocycles. The van der Waals surface area contributed by atoms with Crippen molar-refractivity contribution in [3.8, 4) is 17.1 Å². The summed E-state index contributed by atoms with van der Waals surface area (Å²) in [5, 5.41) is 9.06. The van der Waals surface area contributed by atoms with E-state index in [1.807, 2.05) is 48.5 Å². The number of benzene rings is 2. The van der Waals surface area contributed by atoms with E-state index in [0.29, 0.717) is 27.8 Å². The molecule has 0 saturated carbocycles. The van der Waals surface area contributed by atoms with Crippen molar-refractivity contribution in [2.45, 2.75) is 33.2 Å². The van der Waals surface area contributed by atoms with E-state index < -0.39 is 0 Å². The highest BCUT2D eigenvalue weighted by Crippen LogP contribution is 2.38. The molecule has 4 rings (SSSR count). The second-order valence-corrected chi connectivity index (χ2v) is 9.25. The number of hydrogen-bond donors (Lipinski definition) is 1. The SMILES string of the molecule is COc1ccc(-c2noc(C3=C(C)N(CCC(C)C)C(=S)NC3c3cccc(Cl)c3)n2)cc1. The number of allylic oxidation sites excluding steroid dienone is 1. The van der Waals surface area contributed by atoms with Crippen LogP contribution in [0.4, 0.5) is 0 Å². The molecule has 1 N–H and O–H groups in total. The molecule has 1 unspecified atom stereocenters. The Labute approximate surface area is 204 Å². The molecule has 0 bridgehead atoms. The zero-order valence-corrected chi connectivity index (χ0v) is 20.7. The van der Waals surface area contributed by atoms with Crippen molar-refractivity contribution in [2.24, 2.45) is 5.92 Å². The van der Waals surface area contributed by atoms with Gasteiger partial charge in [0.2, 0.25) is 5.82 Å². The van der Waals surface area contributed by atoms with Crippen molar-refractivity contribution in [3.63, 3.8) is 0 Å². The van der Waals surface area contributed by atoms with Gasteiger partial charge in [-0.2, -0.15) is 4.98 Å². The van der Waals surface area contributed by atoms with Crippen LogP contribution in [0.15, 0.2) is 58.8 Å². The first-order valence-electron chi connectivity index (χ1n) is 10.9. The minimum Gasteiger partial charge on any atom is -0.497 e. The van der Waals surface area contributed by atoms with E-state index in [2.05, 4.69) is 36.1 Å². The van der Waals surface area contributed by atoms with Gasteiger partial charge in [0.25, 0.3) is 5.89 Å². The van der Waals surface area contributed by atoms with E-state index >= 15 is 0 Å². The highest BCUT2D eigenvalue weighted by atomic mass is 35.5. The molecule has 2 heterocycles. The number of ether oxygens (including phenoxy) is 1. The monoisotopic (exact) mass is 482 g/mol. The molecule has 0 radical (unpaired) electrons. The number of methoxy groups -OCH3 is 1. The number of hydrogen-bond acceptors (Lipinski definition) is 5. The predicted molar refractivity (Wildman–Crippen MR) is 135 cm³/mol.